The van der Waals surface area contributed by atoms with Gasteiger partial charge in [0.1, 0.15) is 5.82 Å². The Balaban J connectivity index is 1.39. The van der Waals surface area contributed by atoms with E-state index >= 15 is 0 Å². The van der Waals surface area contributed by atoms with Crippen LogP contribution >= 0.6 is 11.8 Å². The van der Waals surface area contributed by atoms with E-state index in [1.807, 2.05) is 17.0 Å². The summed E-state index contributed by atoms with van der Waals surface area (Å²) in [5.41, 5.74) is 1.36. The highest BCUT2D eigenvalue weighted by Crippen LogP contribution is 2.32. The first-order valence-corrected chi connectivity index (χ1v) is 12.6. The molecule has 0 spiro atoms. The zero-order valence-electron chi connectivity index (χ0n) is 19.8. The van der Waals surface area contributed by atoms with Crippen molar-refractivity contribution in [3.05, 3.63) is 77.2 Å². The topological polar surface area (TPSA) is 74.2 Å². The van der Waals surface area contributed by atoms with E-state index in [9.17, 15) is 18.0 Å². The van der Waals surface area contributed by atoms with E-state index in [1.54, 1.807) is 36.7 Å². The summed E-state index contributed by atoms with van der Waals surface area (Å²) in [4.78, 5) is 28.7. The molecular formula is C25H27F3N6OS. The van der Waals surface area contributed by atoms with E-state index in [-0.39, 0.29) is 11.1 Å². The molecule has 1 saturated heterocycles. The van der Waals surface area contributed by atoms with Crippen molar-refractivity contribution in [1.29, 1.82) is 0 Å². The van der Waals surface area contributed by atoms with Crippen molar-refractivity contribution < 1.29 is 18.0 Å². The van der Waals surface area contributed by atoms with Gasteiger partial charge in [0.05, 0.1) is 0 Å². The summed E-state index contributed by atoms with van der Waals surface area (Å²) in [7, 11) is 0. The molecule has 1 aliphatic heterocycles. The van der Waals surface area contributed by atoms with Gasteiger partial charge in [0.2, 0.25) is 0 Å². The van der Waals surface area contributed by atoms with Gasteiger partial charge in [-0.3, -0.25) is 9.78 Å². The van der Waals surface area contributed by atoms with Gasteiger partial charge in [-0.05, 0) is 41.9 Å². The number of carbonyl (C=O) groups is 1. The van der Waals surface area contributed by atoms with Crippen LogP contribution in [0.15, 0.2) is 60.0 Å². The summed E-state index contributed by atoms with van der Waals surface area (Å²) in [6.07, 6.45) is -1.22. The van der Waals surface area contributed by atoms with Crippen LogP contribution in [0.5, 0.6) is 0 Å². The first-order valence-electron chi connectivity index (χ1n) is 11.6. The van der Waals surface area contributed by atoms with Gasteiger partial charge in [0, 0.05) is 62.5 Å². The number of hydrogen-bond donors (Lipinski definition) is 1. The highest BCUT2D eigenvalue weighted by Gasteiger charge is 2.34. The normalized spacial score (nSPS) is 14.6. The average Bonchev–Trinajstić information content (AvgIpc) is 2.91. The number of hydrogen-bond acceptors (Lipinski definition) is 7. The zero-order chi connectivity index (χ0) is 25.5. The molecule has 1 aliphatic rings. The van der Waals surface area contributed by atoms with Gasteiger partial charge in [-0.25, -0.2) is 9.97 Å². The molecule has 1 N–H and O–H groups in total. The Morgan fingerprint density at radius 3 is 2.33 bits per heavy atom. The van der Waals surface area contributed by atoms with E-state index in [0.29, 0.717) is 36.8 Å². The van der Waals surface area contributed by atoms with Gasteiger partial charge in [0.25, 0.3) is 5.91 Å². The van der Waals surface area contributed by atoms with Crippen LogP contribution in [0, 0.1) is 0 Å². The first kappa shape index (κ1) is 25.9. The number of anilines is 1. The van der Waals surface area contributed by atoms with Gasteiger partial charge >= 0.3 is 6.18 Å². The van der Waals surface area contributed by atoms with Crippen LogP contribution in [-0.4, -0.2) is 58.5 Å². The third kappa shape index (κ3) is 6.94. The summed E-state index contributed by atoms with van der Waals surface area (Å²) in [6, 6.07) is 11.7. The van der Waals surface area contributed by atoms with Crippen molar-refractivity contribution in [3.8, 4) is 0 Å². The SMILES string of the molecule is CCN1CCN(c2cc(C(F)(F)F)nc(SCc3ccc(C(=O)NCc4ccncc4)cc3)n2)CC1. The molecule has 3 aromatic rings. The van der Waals surface area contributed by atoms with Crippen molar-refractivity contribution >= 4 is 23.5 Å². The Morgan fingerprint density at radius 2 is 1.69 bits per heavy atom. The molecule has 11 heteroatoms. The van der Waals surface area contributed by atoms with Crippen LogP contribution in [-0.2, 0) is 18.5 Å². The summed E-state index contributed by atoms with van der Waals surface area (Å²) >= 11 is 1.14. The smallest absolute Gasteiger partial charge is 0.354 e. The lowest BCUT2D eigenvalue weighted by molar-refractivity contribution is -0.141. The van der Waals surface area contributed by atoms with Crippen molar-refractivity contribution in [2.45, 2.75) is 30.6 Å². The summed E-state index contributed by atoms with van der Waals surface area (Å²) < 4.78 is 40.6. The number of benzene rings is 1. The predicted molar refractivity (Wildman–Crippen MR) is 133 cm³/mol. The number of likely N-dealkylation sites (N-methyl/N-ethyl adjacent to an activating group) is 1. The molecule has 3 heterocycles. The Labute approximate surface area is 212 Å². The number of nitrogens with one attached hydrogen (secondary N) is 1. The second kappa shape index (κ2) is 11.7. The fraction of sp³-hybridized carbons (Fsp3) is 0.360. The largest absolute Gasteiger partial charge is 0.433 e. The Hall–Kier alpha value is -3.18. The van der Waals surface area contributed by atoms with Crippen molar-refractivity contribution in [1.82, 2.24) is 25.2 Å². The van der Waals surface area contributed by atoms with Crippen LogP contribution in [0.25, 0.3) is 0 Å². The van der Waals surface area contributed by atoms with Crippen molar-refractivity contribution in [2.24, 2.45) is 0 Å². The molecule has 7 nitrogen and oxygen atoms in total. The number of amides is 1. The van der Waals surface area contributed by atoms with Crippen LogP contribution in [0.1, 0.15) is 34.1 Å². The molecular weight excluding hydrogens is 489 g/mol. The molecule has 4 rings (SSSR count). The number of pyridine rings is 1. The lowest BCUT2D eigenvalue weighted by Crippen LogP contribution is -2.46. The number of thioether (sulfide) groups is 1. The second-order valence-electron chi connectivity index (χ2n) is 8.34. The fourth-order valence-electron chi connectivity index (χ4n) is 3.76. The molecule has 0 radical (unpaired) electrons. The number of halogens is 3. The third-order valence-electron chi connectivity index (χ3n) is 5.91. The lowest BCUT2D eigenvalue weighted by atomic mass is 10.1. The maximum atomic E-state index is 13.5. The molecule has 0 aliphatic carbocycles. The molecule has 0 unspecified atom stereocenters. The summed E-state index contributed by atoms with van der Waals surface area (Å²) in [6.45, 7) is 6.19. The standard InChI is InChI=1S/C25H27F3N6OS/c1-2-33-11-13-34(14-12-33)22-15-21(25(26,27)28)31-24(32-22)36-17-19-3-5-20(6-4-19)23(35)30-16-18-7-9-29-10-8-18/h3-10,15H,2,11-14,16-17H2,1H3,(H,30,35). The number of rotatable bonds is 8. The van der Waals surface area contributed by atoms with Crippen LogP contribution in [0.3, 0.4) is 0 Å². The first-order chi connectivity index (χ1) is 17.3. The Bertz CT molecular complexity index is 1150. The number of alkyl halides is 3. The van der Waals surface area contributed by atoms with Crippen LogP contribution in [0.4, 0.5) is 19.0 Å². The molecule has 0 atom stereocenters. The minimum atomic E-state index is -4.55. The molecule has 2 aromatic heterocycles. The average molecular weight is 517 g/mol. The van der Waals surface area contributed by atoms with Gasteiger partial charge in [-0.2, -0.15) is 13.2 Å². The van der Waals surface area contributed by atoms with E-state index in [4.69, 9.17) is 0 Å². The fourth-order valence-corrected chi connectivity index (χ4v) is 4.57. The quantitative estimate of drug-likeness (QED) is 0.354. The molecule has 1 amide bonds. The second-order valence-corrected chi connectivity index (χ2v) is 9.28. The highest BCUT2D eigenvalue weighted by molar-refractivity contribution is 7.98. The van der Waals surface area contributed by atoms with E-state index in [0.717, 1.165) is 48.6 Å². The Morgan fingerprint density at radius 1 is 1.00 bits per heavy atom. The van der Waals surface area contributed by atoms with Crippen molar-refractivity contribution in [3.63, 3.8) is 0 Å². The number of piperazine rings is 1. The van der Waals surface area contributed by atoms with Crippen molar-refractivity contribution in [2.75, 3.05) is 37.6 Å². The zero-order valence-corrected chi connectivity index (χ0v) is 20.6. The monoisotopic (exact) mass is 516 g/mol. The van der Waals surface area contributed by atoms with Gasteiger partial charge in [-0.1, -0.05) is 30.8 Å². The third-order valence-corrected chi connectivity index (χ3v) is 6.83. The molecule has 0 bridgehead atoms. The van der Waals surface area contributed by atoms with E-state index in [1.165, 1.54) is 0 Å². The summed E-state index contributed by atoms with van der Waals surface area (Å²) in [5, 5.41) is 2.93. The van der Waals surface area contributed by atoms with E-state index < -0.39 is 11.9 Å². The van der Waals surface area contributed by atoms with Crippen LogP contribution < -0.4 is 10.2 Å². The van der Waals surface area contributed by atoms with Gasteiger partial charge < -0.3 is 15.1 Å². The van der Waals surface area contributed by atoms with Gasteiger partial charge in [-0.15, -0.1) is 0 Å². The minimum absolute atomic E-state index is 0.0805. The van der Waals surface area contributed by atoms with Crippen LogP contribution in [0.2, 0.25) is 0 Å². The minimum Gasteiger partial charge on any atom is -0.354 e. The molecule has 1 fully saturated rings. The molecule has 190 valence electrons. The number of carbonyl (C=O) groups excluding carboxylic acids is 1. The van der Waals surface area contributed by atoms with E-state index in [2.05, 4.69) is 32.1 Å². The molecule has 36 heavy (non-hydrogen) atoms. The summed E-state index contributed by atoms with van der Waals surface area (Å²) in [5.74, 6) is 0.473. The number of aromatic nitrogens is 3. The van der Waals surface area contributed by atoms with Gasteiger partial charge in [0.15, 0.2) is 10.9 Å². The molecule has 0 saturated carbocycles. The predicted octanol–water partition coefficient (Wildman–Crippen LogP) is 4.25. The Kier molecular flexibility index (Phi) is 8.42. The maximum Gasteiger partial charge on any atom is 0.433 e. The lowest BCUT2D eigenvalue weighted by Gasteiger charge is -2.35. The number of nitrogens with zero attached hydrogens (tertiary/aromatic N) is 5. The maximum absolute atomic E-state index is 13.5. The highest BCUT2D eigenvalue weighted by atomic mass is 32.2. The molecule has 1 aromatic carbocycles.